The molecule has 20 heavy (non-hydrogen) atoms. The minimum Gasteiger partial charge on any atom is -0.296 e. The molecule has 0 radical (unpaired) electrons. The molecule has 100 valence electrons. The first-order chi connectivity index (χ1) is 9.74. The molecular weight excluding hydrogens is 274 g/mol. The van der Waals surface area contributed by atoms with Gasteiger partial charge in [0.15, 0.2) is 11.6 Å². The maximum Gasteiger partial charge on any atom is 0.226 e. The molecule has 2 aromatic heterocycles. The van der Waals surface area contributed by atoms with E-state index in [4.69, 9.17) is 11.6 Å². The zero-order chi connectivity index (χ0) is 14.4. The Kier molecular flexibility index (Phi) is 4.68. The van der Waals surface area contributed by atoms with Crippen LogP contribution in [0.3, 0.4) is 0 Å². The van der Waals surface area contributed by atoms with Gasteiger partial charge in [0.25, 0.3) is 0 Å². The molecule has 2 aromatic rings. The molecule has 0 unspecified atom stereocenters. The molecule has 2 heterocycles. The lowest BCUT2D eigenvalue weighted by molar-refractivity contribution is 1.03. The van der Waals surface area contributed by atoms with Gasteiger partial charge in [0, 0.05) is 36.8 Å². The lowest BCUT2D eigenvalue weighted by Crippen LogP contribution is -1.99. The number of pyridine rings is 1. The zero-order valence-corrected chi connectivity index (χ0v) is 11.6. The van der Waals surface area contributed by atoms with Crippen molar-refractivity contribution in [1.29, 1.82) is 0 Å². The summed E-state index contributed by atoms with van der Waals surface area (Å²) in [4.78, 5) is 20.5. The van der Waals surface area contributed by atoms with Crippen LogP contribution in [0.25, 0.3) is 17.0 Å². The van der Waals surface area contributed by atoms with E-state index in [-0.39, 0.29) is 5.28 Å². The van der Waals surface area contributed by atoms with E-state index < -0.39 is 0 Å². The fraction of sp³-hybridized carbons (Fsp3) is 0.0714. The molecule has 0 fully saturated rings. The Balaban J connectivity index is 2.51. The van der Waals surface area contributed by atoms with Gasteiger partial charge in [-0.15, -0.1) is 0 Å². The molecule has 0 spiro atoms. The zero-order valence-electron chi connectivity index (χ0n) is 10.9. The van der Waals surface area contributed by atoms with Gasteiger partial charge in [-0.05, 0) is 29.8 Å². The molecule has 0 aliphatic carbocycles. The van der Waals surface area contributed by atoms with E-state index in [2.05, 4.69) is 31.5 Å². The van der Waals surface area contributed by atoms with Crippen LogP contribution >= 0.6 is 11.6 Å². The Morgan fingerprint density at radius 1 is 1.25 bits per heavy atom. The minimum atomic E-state index is 0.128. The van der Waals surface area contributed by atoms with Crippen molar-refractivity contribution in [2.75, 3.05) is 7.05 Å². The Morgan fingerprint density at radius 2 is 2.00 bits per heavy atom. The van der Waals surface area contributed by atoms with Crippen LogP contribution in [0.5, 0.6) is 0 Å². The molecule has 0 saturated carbocycles. The van der Waals surface area contributed by atoms with E-state index in [1.54, 1.807) is 49.9 Å². The van der Waals surface area contributed by atoms with Crippen LogP contribution in [-0.2, 0) is 0 Å². The normalized spacial score (nSPS) is 11.8. The largest absolute Gasteiger partial charge is 0.296 e. The number of rotatable bonds is 4. The number of aliphatic imine (C=N–C) groups is 1. The molecule has 0 aliphatic rings. The van der Waals surface area contributed by atoms with Crippen LogP contribution in [0.1, 0.15) is 5.82 Å². The van der Waals surface area contributed by atoms with Crippen molar-refractivity contribution in [2.45, 2.75) is 0 Å². The third-order valence-electron chi connectivity index (χ3n) is 2.43. The molecule has 0 aliphatic heterocycles. The monoisotopic (exact) mass is 285 g/mol. The third kappa shape index (κ3) is 3.33. The van der Waals surface area contributed by atoms with Crippen LogP contribution in [0.15, 0.2) is 48.2 Å². The van der Waals surface area contributed by atoms with Gasteiger partial charge in [-0.1, -0.05) is 12.7 Å². The third-order valence-corrected chi connectivity index (χ3v) is 2.60. The summed E-state index contributed by atoms with van der Waals surface area (Å²) in [5, 5.41) is 0.128. The summed E-state index contributed by atoms with van der Waals surface area (Å²) in [6.45, 7) is 3.74. The summed E-state index contributed by atoms with van der Waals surface area (Å²) in [6.07, 6.45) is 8.38. The molecule has 0 N–H and O–H groups in total. The first-order valence-corrected chi connectivity index (χ1v) is 6.19. The maximum atomic E-state index is 5.96. The maximum absolute atomic E-state index is 5.96. The van der Waals surface area contributed by atoms with E-state index in [1.165, 1.54) is 0 Å². The van der Waals surface area contributed by atoms with Crippen molar-refractivity contribution >= 4 is 23.4 Å². The fourth-order valence-corrected chi connectivity index (χ4v) is 1.66. The van der Waals surface area contributed by atoms with Crippen molar-refractivity contribution in [3.05, 3.63) is 54.4 Å². The van der Waals surface area contributed by atoms with Crippen molar-refractivity contribution in [3.63, 3.8) is 0 Å². The van der Waals surface area contributed by atoms with E-state index in [0.29, 0.717) is 11.6 Å². The number of allylic oxidation sites excluding steroid dienone is 3. The summed E-state index contributed by atoms with van der Waals surface area (Å²) in [7, 11) is 1.68. The second-order valence-corrected chi connectivity index (χ2v) is 4.06. The van der Waals surface area contributed by atoms with Gasteiger partial charge < -0.3 is 0 Å². The summed E-state index contributed by atoms with van der Waals surface area (Å²) in [5.74, 6) is 0.940. The van der Waals surface area contributed by atoms with Gasteiger partial charge in [-0.3, -0.25) is 9.98 Å². The van der Waals surface area contributed by atoms with E-state index >= 15 is 0 Å². The number of halogens is 1. The molecule has 6 heteroatoms. The van der Waals surface area contributed by atoms with Crippen LogP contribution in [0.4, 0.5) is 0 Å². The van der Waals surface area contributed by atoms with E-state index in [9.17, 15) is 0 Å². The average molecular weight is 286 g/mol. The smallest absolute Gasteiger partial charge is 0.226 e. The Bertz CT molecular complexity index is 665. The highest BCUT2D eigenvalue weighted by Gasteiger charge is 2.09. The molecule has 0 bridgehead atoms. The second-order valence-electron chi connectivity index (χ2n) is 3.72. The number of hydrogen-bond acceptors (Lipinski definition) is 5. The molecule has 0 atom stereocenters. The van der Waals surface area contributed by atoms with Crippen LogP contribution < -0.4 is 0 Å². The van der Waals surface area contributed by atoms with Gasteiger partial charge in [0.2, 0.25) is 5.28 Å². The first kappa shape index (κ1) is 14.0. The van der Waals surface area contributed by atoms with Gasteiger partial charge in [0.1, 0.15) is 0 Å². The Hall–Kier alpha value is -2.40. The molecule has 0 amide bonds. The summed E-state index contributed by atoms with van der Waals surface area (Å²) < 4.78 is 0. The van der Waals surface area contributed by atoms with E-state index in [0.717, 1.165) is 11.1 Å². The highest BCUT2D eigenvalue weighted by molar-refractivity contribution is 6.28. The highest BCUT2D eigenvalue weighted by Crippen LogP contribution is 2.18. The predicted octanol–water partition coefficient (Wildman–Crippen LogP) is 2.86. The minimum absolute atomic E-state index is 0.128. The Morgan fingerprint density at radius 3 is 2.65 bits per heavy atom. The van der Waals surface area contributed by atoms with Crippen molar-refractivity contribution in [3.8, 4) is 11.4 Å². The lowest BCUT2D eigenvalue weighted by Gasteiger charge is -2.04. The van der Waals surface area contributed by atoms with Crippen molar-refractivity contribution in [2.24, 2.45) is 4.99 Å². The second kappa shape index (κ2) is 6.68. The summed E-state index contributed by atoms with van der Waals surface area (Å²) in [6, 6.07) is 3.61. The quantitative estimate of drug-likeness (QED) is 0.640. The molecule has 0 saturated heterocycles. The standard InChI is InChI=1S/C14H12ClN5/c1-3-10(4-7-16-2)12-18-13(20-14(15)19-12)11-5-8-17-9-6-11/h3-9H,1H2,2H3/b10-4+,16-7?. The summed E-state index contributed by atoms with van der Waals surface area (Å²) >= 11 is 5.96. The van der Waals surface area contributed by atoms with Gasteiger partial charge >= 0.3 is 0 Å². The first-order valence-electron chi connectivity index (χ1n) is 5.82. The number of aromatic nitrogens is 4. The van der Waals surface area contributed by atoms with Gasteiger partial charge in [0.05, 0.1) is 0 Å². The van der Waals surface area contributed by atoms with Crippen molar-refractivity contribution < 1.29 is 0 Å². The Labute approximate surface area is 121 Å². The SMILES string of the molecule is C=C/C(=C\C=NC)c1nc(Cl)nc(-c2ccncc2)n1. The van der Waals surface area contributed by atoms with Gasteiger partial charge in [-0.25, -0.2) is 4.98 Å². The molecular formula is C14H12ClN5. The van der Waals surface area contributed by atoms with Crippen LogP contribution in [0.2, 0.25) is 5.28 Å². The predicted molar refractivity (Wildman–Crippen MR) is 80.7 cm³/mol. The topological polar surface area (TPSA) is 63.9 Å². The lowest BCUT2D eigenvalue weighted by atomic mass is 10.2. The highest BCUT2D eigenvalue weighted by atomic mass is 35.5. The van der Waals surface area contributed by atoms with Gasteiger partial charge in [-0.2, -0.15) is 9.97 Å². The molecule has 5 nitrogen and oxygen atoms in total. The summed E-state index contributed by atoms with van der Waals surface area (Å²) in [5.41, 5.74) is 1.54. The number of nitrogens with zero attached hydrogens (tertiary/aromatic N) is 5. The van der Waals surface area contributed by atoms with Crippen molar-refractivity contribution in [1.82, 2.24) is 19.9 Å². The van der Waals surface area contributed by atoms with Crippen LogP contribution in [-0.4, -0.2) is 33.2 Å². The molecule has 0 aromatic carbocycles. The molecule has 2 rings (SSSR count). The fourth-order valence-electron chi connectivity index (χ4n) is 1.50. The van der Waals surface area contributed by atoms with Crippen LogP contribution in [0, 0.1) is 0 Å². The average Bonchev–Trinajstić information content (AvgIpc) is 2.48. The van der Waals surface area contributed by atoms with E-state index in [1.807, 2.05) is 0 Å². The number of hydrogen-bond donors (Lipinski definition) is 0.